The lowest BCUT2D eigenvalue weighted by Crippen LogP contribution is -2.52. The SMILES string of the molecule is COc1ccc(CN=C2CC(Cl)NC(C)N2)cc1. The van der Waals surface area contributed by atoms with Crippen LogP contribution in [-0.2, 0) is 6.54 Å². The zero-order valence-electron chi connectivity index (χ0n) is 10.6. The predicted molar refractivity (Wildman–Crippen MR) is 74.1 cm³/mol. The van der Waals surface area contributed by atoms with Crippen molar-refractivity contribution in [1.82, 2.24) is 10.6 Å². The number of alkyl halides is 1. The first kappa shape index (κ1) is 13.2. The molecule has 1 aromatic carbocycles. The van der Waals surface area contributed by atoms with Gasteiger partial charge in [0.2, 0.25) is 0 Å². The molecule has 98 valence electrons. The number of rotatable bonds is 3. The third kappa shape index (κ3) is 3.62. The normalized spacial score (nSPS) is 25.8. The maximum absolute atomic E-state index is 6.08. The summed E-state index contributed by atoms with van der Waals surface area (Å²) in [6.45, 7) is 2.68. The second-order valence-corrected chi connectivity index (χ2v) is 4.84. The number of amidine groups is 1. The monoisotopic (exact) mass is 267 g/mol. The van der Waals surface area contributed by atoms with E-state index in [0.29, 0.717) is 6.54 Å². The lowest BCUT2D eigenvalue weighted by atomic mass is 10.2. The molecule has 4 nitrogen and oxygen atoms in total. The number of nitrogens with one attached hydrogen (secondary N) is 2. The molecule has 1 aliphatic rings. The van der Waals surface area contributed by atoms with E-state index in [9.17, 15) is 0 Å². The van der Waals surface area contributed by atoms with Crippen molar-refractivity contribution in [2.45, 2.75) is 31.6 Å². The van der Waals surface area contributed by atoms with Gasteiger partial charge in [0.05, 0.1) is 25.3 Å². The quantitative estimate of drug-likeness (QED) is 0.651. The molecule has 2 rings (SSSR count). The second kappa shape index (κ2) is 6.07. The van der Waals surface area contributed by atoms with E-state index in [0.717, 1.165) is 23.6 Å². The van der Waals surface area contributed by atoms with Gasteiger partial charge in [0.25, 0.3) is 0 Å². The number of benzene rings is 1. The summed E-state index contributed by atoms with van der Waals surface area (Å²) < 4.78 is 5.12. The minimum atomic E-state index is -0.0455. The number of halogens is 1. The van der Waals surface area contributed by atoms with Gasteiger partial charge >= 0.3 is 0 Å². The van der Waals surface area contributed by atoms with Crippen LogP contribution in [0.5, 0.6) is 5.75 Å². The highest BCUT2D eigenvalue weighted by Gasteiger charge is 2.18. The molecule has 5 heteroatoms. The number of aliphatic imine (C=N–C) groups is 1. The van der Waals surface area contributed by atoms with E-state index >= 15 is 0 Å². The second-order valence-electron chi connectivity index (χ2n) is 4.32. The van der Waals surface area contributed by atoms with Gasteiger partial charge in [-0.25, -0.2) is 0 Å². The molecule has 0 aromatic heterocycles. The van der Waals surface area contributed by atoms with Crippen molar-refractivity contribution in [1.29, 1.82) is 0 Å². The molecular formula is C13H18ClN3O. The molecular weight excluding hydrogens is 250 g/mol. The zero-order chi connectivity index (χ0) is 13.0. The van der Waals surface area contributed by atoms with Gasteiger partial charge < -0.3 is 10.1 Å². The molecule has 0 aliphatic carbocycles. The van der Waals surface area contributed by atoms with Gasteiger partial charge in [0.1, 0.15) is 11.6 Å². The minimum absolute atomic E-state index is 0.0455. The summed E-state index contributed by atoms with van der Waals surface area (Å²) in [6, 6.07) is 7.92. The Kier molecular flexibility index (Phi) is 4.44. The Bertz CT molecular complexity index is 407. The number of nitrogens with zero attached hydrogens (tertiary/aromatic N) is 1. The van der Waals surface area contributed by atoms with Gasteiger partial charge in [-0.05, 0) is 24.6 Å². The average Bonchev–Trinajstić information content (AvgIpc) is 2.36. The summed E-state index contributed by atoms with van der Waals surface area (Å²) >= 11 is 6.08. The zero-order valence-corrected chi connectivity index (χ0v) is 11.4. The topological polar surface area (TPSA) is 45.6 Å². The third-order valence-electron chi connectivity index (χ3n) is 2.80. The smallest absolute Gasteiger partial charge is 0.118 e. The van der Waals surface area contributed by atoms with E-state index in [1.54, 1.807) is 7.11 Å². The molecule has 1 aromatic rings. The summed E-state index contributed by atoms with van der Waals surface area (Å²) in [7, 11) is 1.66. The van der Waals surface area contributed by atoms with Crippen LogP contribution in [-0.4, -0.2) is 24.6 Å². The van der Waals surface area contributed by atoms with Crippen molar-refractivity contribution in [3.63, 3.8) is 0 Å². The fourth-order valence-electron chi connectivity index (χ4n) is 1.88. The summed E-state index contributed by atoms with van der Waals surface area (Å²) in [5.74, 6) is 1.82. The first-order valence-electron chi connectivity index (χ1n) is 6.00. The van der Waals surface area contributed by atoms with Crippen LogP contribution in [0.25, 0.3) is 0 Å². The van der Waals surface area contributed by atoms with Crippen LogP contribution in [0.4, 0.5) is 0 Å². The number of hydrogen-bond donors (Lipinski definition) is 2. The number of ether oxygens (including phenoxy) is 1. The van der Waals surface area contributed by atoms with Crippen LogP contribution in [0.1, 0.15) is 18.9 Å². The van der Waals surface area contributed by atoms with Crippen molar-refractivity contribution in [3.8, 4) is 5.75 Å². The van der Waals surface area contributed by atoms with Crippen molar-refractivity contribution in [2.75, 3.05) is 7.11 Å². The van der Waals surface area contributed by atoms with Gasteiger partial charge in [-0.2, -0.15) is 0 Å². The van der Waals surface area contributed by atoms with Crippen LogP contribution < -0.4 is 15.4 Å². The summed E-state index contributed by atoms with van der Waals surface area (Å²) in [5, 5.41) is 6.45. The molecule has 0 bridgehead atoms. The lowest BCUT2D eigenvalue weighted by molar-refractivity contribution is 0.414. The Hall–Kier alpha value is -1.26. The van der Waals surface area contributed by atoms with E-state index in [-0.39, 0.29) is 11.7 Å². The fraction of sp³-hybridized carbons (Fsp3) is 0.462. The third-order valence-corrected chi connectivity index (χ3v) is 3.08. The van der Waals surface area contributed by atoms with Crippen LogP contribution in [0.3, 0.4) is 0 Å². The van der Waals surface area contributed by atoms with Gasteiger partial charge in [-0.1, -0.05) is 12.1 Å². The van der Waals surface area contributed by atoms with E-state index in [2.05, 4.69) is 15.6 Å². The van der Waals surface area contributed by atoms with Crippen LogP contribution in [0.2, 0.25) is 0 Å². The molecule has 1 saturated heterocycles. The molecule has 0 amide bonds. The largest absolute Gasteiger partial charge is 0.497 e. The van der Waals surface area contributed by atoms with E-state index in [4.69, 9.17) is 16.3 Å². The Morgan fingerprint density at radius 3 is 2.72 bits per heavy atom. The highest BCUT2D eigenvalue weighted by Crippen LogP contribution is 2.13. The molecule has 18 heavy (non-hydrogen) atoms. The summed E-state index contributed by atoms with van der Waals surface area (Å²) in [4.78, 5) is 4.55. The first-order valence-corrected chi connectivity index (χ1v) is 6.44. The van der Waals surface area contributed by atoms with Crippen LogP contribution >= 0.6 is 11.6 Å². The van der Waals surface area contributed by atoms with Crippen molar-refractivity contribution in [3.05, 3.63) is 29.8 Å². The van der Waals surface area contributed by atoms with Gasteiger partial charge in [-0.15, -0.1) is 11.6 Å². The molecule has 1 fully saturated rings. The standard InChI is InChI=1S/C13H18ClN3O/c1-9-16-12(14)7-13(17-9)15-8-10-3-5-11(18-2)6-4-10/h3-6,9,12,16H,7-8H2,1-2H3,(H,15,17). The maximum atomic E-state index is 6.08. The molecule has 0 radical (unpaired) electrons. The van der Waals surface area contributed by atoms with Crippen LogP contribution in [0, 0.1) is 0 Å². The molecule has 1 aliphatic heterocycles. The minimum Gasteiger partial charge on any atom is -0.497 e. The predicted octanol–water partition coefficient (Wildman–Crippen LogP) is 2.09. The van der Waals surface area contributed by atoms with Gasteiger partial charge in [-0.3, -0.25) is 10.3 Å². The lowest BCUT2D eigenvalue weighted by Gasteiger charge is -2.28. The highest BCUT2D eigenvalue weighted by molar-refractivity contribution is 6.21. The van der Waals surface area contributed by atoms with E-state index in [1.165, 1.54) is 0 Å². The maximum Gasteiger partial charge on any atom is 0.118 e. The average molecular weight is 268 g/mol. The van der Waals surface area contributed by atoms with Crippen molar-refractivity contribution < 1.29 is 4.74 Å². The Balaban J connectivity index is 1.96. The molecule has 0 saturated carbocycles. The Labute approximate surface area is 112 Å². The van der Waals surface area contributed by atoms with Crippen molar-refractivity contribution in [2.24, 2.45) is 4.99 Å². The summed E-state index contributed by atoms with van der Waals surface area (Å²) in [5.41, 5.74) is 1.11. The summed E-state index contributed by atoms with van der Waals surface area (Å²) in [6.07, 6.45) is 0.887. The highest BCUT2D eigenvalue weighted by atomic mass is 35.5. The number of hydrogen-bond acceptors (Lipinski definition) is 3. The van der Waals surface area contributed by atoms with Crippen molar-refractivity contribution >= 4 is 17.4 Å². The van der Waals surface area contributed by atoms with E-state index in [1.807, 2.05) is 31.2 Å². The molecule has 1 heterocycles. The number of methoxy groups -OCH3 is 1. The first-order chi connectivity index (χ1) is 8.67. The van der Waals surface area contributed by atoms with E-state index < -0.39 is 0 Å². The molecule has 2 atom stereocenters. The van der Waals surface area contributed by atoms with Crippen LogP contribution in [0.15, 0.2) is 29.3 Å². The van der Waals surface area contributed by atoms with Gasteiger partial charge in [0, 0.05) is 6.42 Å². The Morgan fingerprint density at radius 1 is 1.39 bits per heavy atom. The molecule has 2 unspecified atom stereocenters. The van der Waals surface area contributed by atoms with Gasteiger partial charge in [0.15, 0.2) is 0 Å². The molecule has 2 N–H and O–H groups in total. The fourth-order valence-corrected chi connectivity index (χ4v) is 2.21. The Morgan fingerprint density at radius 2 is 2.11 bits per heavy atom. The molecule has 0 spiro atoms.